The second kappa shape index (κ2) is 7.28. The number of benzene rings is 2. The van der Waals surface area contributed by atoms with E-state index in [9.17, 15) is 5.11 Å². The van der Waals surface area contributed by atoms with Gasteiger partial charge in [0.25, 0.3) is 0 Å². The Balaban J connectivity index is 0.00000180. The summed E-state index contributed by atoms with van der Waals surface area (Å²) in [5.41, 5.74) is 4.51. The van der Waals surface area contributed by atoms with E-state index in [-0.39, 0.29) is 31.0 Å². The van der Waals surface area contributed by atoms with Crippen molar-refractivity contribution in [2.75, 3.05) is 0 Å². The first kappa shape index (κ1) is 17.9. The Morgan fingerprint density at radius 1 is 0.778 bits per heavy atom. The van der Waals surface area contributed by atoms with Crippen LogP contribution in [0.4, 0.5) is 0 Å². The molecule has 0 fully saturated rings. The minimum Gasteiger partial charge on any atom is 0 e. The number of phenols is 1. The molecular weight excluding hydrogens is 446 g/mol. The van der Waals surface area contributed by atoms with Crippen LogP contribution < -0.4 is 0 Å². The van der Waals surface area contributed by atoms with E-state index in [1.165, 1.54) is 8.52 Å². The molecule has 5 rings (SSSR count). The van der Waals surface area contributed by atoms with Gasteiger partial charge in [-0.05, 0) is 0 Å². The molecule has 3 heterocycles. The molecule has 0 aliphatic carbocycles. The third-order valence-corrected chi connectivity index (χ3v) is 6.66. The topological polar surface area (TPSA) is 46.0 Å². The van der Waals surface area contributed by atoms with E-state index in [0.29, 0.717) is 5.75 Å². The summed E-state index contributed by atoms with van der Waals surface area (Å²) in [6, 6.07) is 25.1. The largest absolute Gasteiger partial charge is 0 e. The molecule has 0 unspecified atom stereocenters. The van der Waals surface area contributed by atoms with E-state index in [1.807, 2.05) is 48.5 Å². The van der Waals surface area contributed by atoms with Crippen LogP contribution in [0.25, 0.3) is 41.9 Å². The molecular formula is C22H13N2NiOSe-. The summed E-state index contributed by atoms with van der Waals surface area (Å²) >= 11 is 0.189. The average Bonchev–Trinajstić information content (AvgIpc) is 3.08. The number of aromatic hydroxyl groups is 1. The SMILES string of the molecule is Oc1cccc2[se]c3ccc(-c4[c-]c(-c5ccccn5)ccc4)nc3c12.[Ni]. The summed E-state index contributed by atoms with van der Waals surface area (Å²) in [5.74, 6) is 0.305. The maximum atomic E-state index is 10.3. The van der Waals surface area contributed by atoms with Crippen LogP contribution >= 0.6 is 0 Å². The van der Waals surface area contributed by atoms with Gasteiger partial charge < -0.3 is 0 Å². The van der Waals surface area contributed by atoms with Gasteiger partial charge in [0, 0.05) is 16.5 Å². The van der Waals surface area contributed by atoms with Gasteiger partial charge in [-0.25, -0.2) is 0 Å². The van der Waals surface area contributed by atoms with Crippen LogP contribution in [0.3, 0.4) is 0 Å². The maximum absolute atomic E-state index is 10.3. The van der Waals surface area contributed by atoms with Crippen LogP contribution in [0.2, 0.25) is 0 Å². The summed E-state index contributed by atoms with van der Waals surface area (Å²) in [5, 5.41) is 11.2. The number of rotatable bonds is 2. The van der Waals surface area contributed by atoms with Crippen LogP contribution in [0, 0.1) is 6.07 Å². The molecule has 134 valence electrons. The van der Waals surface area contributed by atoms with Crippen molar-refractivity contribution in [2.45, 2.75) is 0 Å². The van der Waals surface area contributed by atoms with Crippen LogP contribution in [0.15, 0.2) is 72.9 Å². The van der Waals surface area contributed by atoms with Crippen LogP contribution in [-0.4, -0.2) is 29.6 Å². The smallest absolute Gasteiger partial charge is 0 e. The minimum atomic E-state index is 0. The monoisotopic (exact) mass is 459 g/mol. The van der Waals surface area contributed by atoms with Crippen LogP contribution in [-0.2, 0) is 16.5 Å². The Morgan fingerprint density at radius 3 is 2.41 bits per heavy atom. The molecule has 0 saturated heterocycles. The third kappa shape index (κ3) is 3.19. The normalized spacial score (nSPS) is 10.8. The number of aromatic nitrogens is 2. The summed E-state index contributed by atoms with van der Waals surface area (Å²) < 4.78 is 2.39. The first-order valence-corrected chi connectivity index (χ1v) is 9.96. The molecule has 5 heteroatoms. The van der Waals surface area contributed by atoms with E-state index in [2.05, 4.69) is 23.2 Å². The Bertz CT molecular complexity index is 1250. The van der Waals surface area contributed by atoms with E-state index in [0.717, 1.165) is 33.4 Å². The van der Waals surface area contributed by atoms with Gasteiger partial charge in [-0.15, -0.1) is 0 Å². The quantitative estimate of drug-likeness (QED) is 0.308. The number of hydrogen-bond acceptors (Lipinski definition) is 3. The second-order valence-corrected chi connectivity index (χ2v) is 8.26. The average molecular weight is 459 g/mol. The van der Waals surface area contributed by atoms with Crippen molar-refractivity contribution in [3.63, 3.8) is 0 Å². The summed E-state index contributed by atoms with van der Waals surface area (Å²) in [4.78, 5) is 9.27. The standard InChI is InChI=1S/C22H13N2OSe.Ni/c25-18-8-4-9-19-21(18)22-20(26-19)11-10-17(24-22)15-6-3-5-14(13-15)16-7-1-2-12-23-16;/h1-12,25H;/q-1;. The van der Waals surface area contributed by atoms with E-state index in [4.69, 9.17) is 4.98 Å². The van der Waals surface area contributed by atoms with Crippen molar-refractivity contribution in [3.8, 4) is 28.3 Å². The van der Waals surface area contributed by atoms with Crippen molar-refractivity contribution in [1.82, 2.24) is 9.97 Å². The van der Waals surface area contributed by atoms with Gasteiger partial charge in [-0.2, -0.15) is 0 Å². The van der Waals surface area contributed by atoms with Gasteiger partial charge in [-0.1, -0.05) is 0 Å². The predicted molar refractivity (Wildman–Crippen MR) is 105 cm³/mol. The van der Waals surface area contributed by atoms with Gasteiger partial charge in [0.15, 0.2) is 0 Å². The molecule has 0 amide bonds. The molecule has 0 bridgehead atoms. The fraction of sp³-hybridized carbons (Fsp3) is 0. The number of fused-ring (bicyclic) bond motifs is 3. The molecule has 5 aromatic rings. The van der Waals surface area contributed by atoms with Crippen molar-refractivity contribution >= 4 is 33.9 Å². The van der Waals surface area contributed by atoms with Gasteiger partial charge in [-0.3, -0.25) is 0 Å². The minimum absolute atomic E-state index is 0. The van der Waals surface area contributed by atoms with Crippen molar-refractivity contribution in [2.24, 2.45) is 0 Å². The molecule has 3 aromatic heterocycles. The van der Waals surface area contributed by atoms with Crippen LogP contribution in [0.1, 0.15) is 0 Å². The van der Waals surface area contributed by atoms with Gasteiger partial charge in [0.05, 0.1) is 0 Å². The van der Waals surface area contributed by atoms with E-state index in [1.54, 1.807) is 12.3 Å². The Morgan fingerprint density at radius 2 is 1.59 bits per heavy atom. The van der Waals surface area contributed by atoms with Gasteiger partial charge in [0.2, 0.25) is 0 Å². The molecule has 0 radical (unpaired) electrons. The molecule has 2 aromatic carbocycles. The second-order valence-electron chi connectivity index (χ2n) is 5.99. The molecule has 3 nitrogen and oxygen atoms in total. The zero-order chi connectivity index (χ0) is 17.5. The molecule has 0 spiro atoms. The van der Waals surface area contributed by atoms with Crippen molar-refractivity contribution in [1.29, 1.82) is 0 Å². The van der Waals surface area contributed by atoms with Crippen molar-refractivity contribution in [3.05, 3.63) is 79.0 Å². The first-order valence-electron chi connectivity index (χ1n) is 8.25. The summed E-state index contributed by atoms with van der Waals surface area (Å²) in [6.07, 6.45) is 1.78. The van der Waals surface area contributed by atoms with Gasteiger partial charge >= 0.3 is 156 Å². The fourth-order valence-electron chi connectivity index (χ4n) is 3.11. The first-order chi connectivity index (χ1) is 12.8. The third-order valence-electron chi connectivity index (χ3n) is 4.33. The predicted octanol–water partition coefficient (Wildman–Crippen LogP) is 4.68. The summed E-state index contributed by atoms with van der Waals surface area (Å²) in [7, 11) is 0. The van der Waals surface area contributed by atoms with Crippen molar-refractivity contribution < 1.29 is 21.6 Å². The Hall–Kier alpha value is -2.45. The zero-order valence-electron chi connectivity index (χ0n) is 14.0. The summed E-state index contributed by atoms with van der Waals surface area (Å²) in [6.45, 7) is 0. The Kier molecular flexibility index (Phi) is 4.84. The maximum Gasteiger partial charge on any atom is 0 e. The number of phenolic OH excluding ortho intramolecular Hbond substituents is 1. The van der Waals surface area contributed by atoms with Crippen LogP contribution in [0.5, 0.6) is 5.75 Å². The Labute approximate surface area is 172 Å². The van der Waals surface area contributed by atoms with Gasteiger partial charge in [0.1, 0.15) is 0 Å². The molecule has 0 aliphatic rings. The molecule has 0 saturated carbocycles. The fourth-order valence-corrected chi connectivity index (χ4v) is 5.35. The zero-order valence-corrected chi connectivity index (χ0v) is 16.7. The molecule has 0 aliphatic heterocycles. The molecule has 0 atom stereocenters. The number of pyridine rings is 2. The number of hydrogen-bond donors (Lipinski definition) is 1. The molecule has 27 heavy (non-hydrogen) atoms. The van der Waals surface area contributed by atoms with E-state index >= 15 is 0 Å². The number of nitrogens with zero attached hydrogens (tertiary/aromatic N) is 2. The van der Waals surface area contributed by atoms with E-state index < -0.39 is 0 Å². The molecule has 1 N–H and O–H groups in total.